The number of aryl methyl sites for hydroxylation is 2. The van der Waals surface area contributed by atoms with E-state index in [1.54, 1.807) is 19.1 Å². The smallest absolute Gasteiger partial charge is 0.267 e. The van der Waals surface area contributed by atoms with Gasteiger partial charge in [-0.25, -0.2) is 9.67 Å². The van der Waals surface area contributed by atoms with Gasteiger partial charge in [-0.2, -0.15) is 18.3 Å². The van der Waals surface area contributed by atoms with Crippen molar-refractivity contribution in [1.82, 2.24) is 25.6 Å². The van der Waals surface area contributed by atoms with Crippen LogP contribution in [0.25, 0.3) is 5.82 Å². The van der Waals surface area contributed by atoms with Crippen molar-refractivity contribution < 1.29 is 22.8 Å². The standard InChI is InChI=1S/C22H22F3N5O2/c1-12(2)19-17(11-27-30(19)18-8-6-15(10-26-18)22(23,24)25)21(32)29-28-20(31)16-7-5-13(3)9-14(16)4/h5-12H,1-4H3,(H,28,31)(H,29,32). The maximum Gasteiger partial charge on any atom is 0.417 e. The van der Waals surface area contributed by atoms with Crippen LogP contribution in [0.2, 0.25) is 0 Å². The predicted molar refractivity (Wildman–Crippen MR) is 111 cm³/mol. The lowest BCUT2D eigenvalue weighted by Gasteiger charge is -2.14. The fourth-order valence-corrected chi connectivity index (χ4v) is 3.27. The van der Waals surface area contributed by atoms with Crippen LogP contribution in [0.1, 0.15) is 62.9 Å². The zero-order chi connectivity index (χ0) is 23.6. The zero-order valence-corrected chi connectivity index (χ0v) is 17.9. The van der Waals surface area contributed by atoms with Crippen LogP contribution in [0.5, 0.6) is 0 Å². The van der Waals surface area contributed by atoms with E-state index in [2.05, 4.69) is 20.9 Å². The van der Waals surface area contributed by atoms with E-state index in [1.165, 1.54) is 16.9 Å². The summed E-state index contributed by atoms with van der Waals surface area (Å²) in [5.74, 6) is -1.15. The van der Waals surface area contributed by atoms with Crippen molar-refractivity contribution in [2.45, 2.75) is 39.8 Å². The number of rotatable bonds is 4. The van der Waals surface area contributed by atoms with Gasteiger partial charge in [0.05, 0.1) is 23.0 Å². The number of pyridine rings is 1. The minimum atomic E-state index is -4.50. The van der Waals surface area contributed by atoms with Crippen LogP contribution in [0, 0.1) is 13.8 Å². The maximum atomic E-state index is 12.8. The summed E-state index contributed by atoms with van der Waals surface area (Å²) in [6.45, 7) is 7.32. The molecule has 2 aromatic heterocycles. The Morgan fingerprint density at radius 1 is 0.969 bits per heavy atom. The SMILES string of the molecule is Cc1ccc(C(=O)NNC(=O)c2cnn(-c3ccc(C(F)(F)F)cn3)c2C(C)C)c(C)c1. The Morgan fingerprint density at radius 3 is 2.16 bits per heavy atom. The molecule has 0 radical (unpaired) electrons. The summed E-state index contributed by atoms with van der Waals surface area (Å²) in [7, 11) is 0. The highest BCUT2D eigenvalue weighted by Gasteiger charge is 2.31. The first-order valence-corrected chi connectivity index (χ1v) is 9.78. The molecule has 0 spiro atoms. The normalized spacial score (nSPS) is 11.5. The number of benzene rings is 1. The van der Waals surface area contributed by atoms with Gasteiger partial charge in [-0.05, 0) is 43.5 Å². The monoisotopic (exact) mass is 445 g/mol. The average Bonchev–Trinajstić information content (AvgIpc) is 3.17. The molecule has 3 aromatic rings. The number of carbonyl (C=O) groups excluding carboxylic acids is 2. The molecule has 0 aliphatic heterocycles. The van der Waals surface area contributed by atoms with E-state index in [9.17, 15) is 22.8 Å². The highest BCUT2D eigenvalue weighted by molar-refractivity contribution is 6.00. The first-order chi connectivity index (χ1) is 15.0. The fraction of sp³-hybridized carbons (Fsp3) is 0.273. The van der Waals surface area contributed by atoms with E-state index in [0.29, 0.717) is 17.5 Å². The molecule has 2 heterocycles. The molecule has 0 atom stereocenters. The highest BCUT2D eigenvalue weighted by atomic mass is 19.4. The van der Waals surface area contributed by atoms with Crippen LogP contribution in [0.4, 0.5) is 13.2 Å². The third-order valence-electron chi connectivity index (χ3n) is 4.81. The Bertz CT molecular complexity index is 1150. The molecule has 7 nitrogen and oxygen atoms in total. The lowest BCUT2D eigenvalue weighted by Crippen LogP contribution is -2.42. The second-order valence-electron chi connectivity index (χ2n) is 7.64. The summed E-state index contributed by atoms with van der Waals surface area (Å²) in [6, 6.07) is 7.40. The molecule has 0 unspecified atom stereocenters. The van der Waals surface area contributed by atoms with Gasteiger partial charge in [0.1, 0.15) is 0 Å². The summed E-state index contributed by atoms with van der Waals surface area (Å²) in [6.07, 6.45) is -2.51. The van der Waals surface area contributed by atoms with Crippen LogP contribution in [0.15, 0.2) is 42.7 Å². The minimum Gasteiger partial charge on any atom is -0.267 e. The molecule has 0 bridgehead atoms. The highest BCUT2D eigenvalue weighted by Crippen LogP contribution is 2.29. The molecule has 0 saturated heterocycles. The fourth-order valence-electron chi connectivity index (χ4n) is 3.27. The Hall–Kier alpha value is -3.69. The van der Waals surface area contributed by atoms with Gasteiger partial charge >= 0.3 is 6.18 Å². The number of aromatic nitrogens is 3. The van der Waals surface area contributed by atoms with Crippen LogP contribution < -0.4 is 10.9 Å². The Labute approximate surface area is 182 Å². The topological polar surface area (TPSA) is 88.9 Å². The van der Waals surface area contributed by atoms with Gasteiger partial charge < -0.3 is 0 Å². The van der Waals surface area contributed by atoms with Crippen molar-refractivity contribution in [1.29, 1.82) is 0 Å². The third kappa shape index (κ3) is 4.79. The van der Waals surface area contributed by atoms with Crippen LogP contribution in [0.3, 0.4) is 0 Å². The van der Waals surface area contributed by atoms with E-state index in [4.69, 9.17) is 0 Å². The molecule has 0 aliphatic carbocycles. The average molecular weight is 445 g/mol. The van der Waals surface area contributed by atoms with Crippen molar-refractivity contribution >= 4 is 11.8 Å². The van der Waals surface area contributed by atoms with Crippen molar-refractivity contribution in [3.63, 3.8) is 0 Å². The molecule has 0 aliphatic rings. The first-order valence-electron chi connectivity index (χ1n) is 9.78. The van der Waals surface area contributed by atoms with E-state index >= 15 is 0 Å². The zero-order valence-electron chi connectivity index (χ0n) is 17.9. The predicted octanol–water partition coefficient (Wildman–Crippen LogP) is 4.10. The number of nitrogens with zero attached hydrogens (tertiary/aromatic N) is 3. The molecule has 168 valence electrons. The number of amides is 2. The van der Waals surface area contributed by atoms with Gasteiger partial charge in [-0.15, -0.1) is 0 Å². The quantitative estimate of drug-likeness (QED) is 0.592. The summed E-state index contributed by atoms with van der Waals surface area (Å²) >= 11 is 0. The summed E-state index contributed by atoms with van der Waals surface area (Å²) in [4.78, 5) is 29.0. The molecule has 10 heteroatoms. The van der Waals surface area contributed by atoms with Crippen LogP contribution in [-0.4, -0.2) is 26.6 Å². The molecule has 0 saturated carbocycles. The Balaban J connectivity index is 1.81. The summed E-state index contributed by atoms with van der Waals surface area (Å²) in [5, 5.41) is 4.13. The molecular weight excluding hydrogens is 423 g/mol. The number of hydrogen-bond donors (Lipinski definition) is 2. The van der Waals surface area contributed by atoms with E-state index in [0.717, 1.165) is 17.2 Å². The molecular formula is C22H22F3N5O2. The summed E-state index contributed by atoms with van der Waals surface area (Å²) < 4.78 is 39.7. The van der Waals surface area contributed by atoms with E-state index in [1.807, 2.05) is 26.8 Å². The minimum absolute atomic E-state index is 0.139. The van der Waals surface area contributed by atoms with Gasteiger partial charge in [0.25, 0.3) is 11.8 Å². The molecule has 32 heavy (non-hydrogen) atoms. The molecule has 3 rings (SSSR count). The van der Waals surface area contributed by atoms with Gasteiger partial charge in [0.2, 0.25) is 0 Å². The lowest BCUT2D eigenvalue weighted by molar-refractivity contribution is -0.137. The number of nitrogens with one attached hydrogen (secondary N) is 2. The van der Waals surface area contributed by atoms with Crippen LogP contribution in [-0.2, 0) is 6.18 Å². The Kier molecular flexibility index (Phi) is 6.33. The number of carbonyl (C=O) groups is 2. The molecule has 0 fully saturated rings. The first kappa shape index (κ1) is 23.0. The van der Waals surface area contributed by atoms with E-state index < -0.39 is 23.6 Å². The van der Waals surface area contributed by atoms with Gasteiger partial charge in [-0.1, -0.05) is 31.5 Å². The van der Waals surface area contributed by atoms with E-state index in [-0.39, 0.29) is 17.3 Å². The number of hydrazine groups is 1. The van der Waals surface area contributed by atoms with Gasteiger partial charge in [-0.3, -0.25) is 20.4 Å². The van der Waals surface area contributed by atoms with Crippen molar-refractivity contribution in [2.75, 3.05) is 0 Å². The van der Waals surface area contributed by atoms with Gasteiger partial charge in [0.15, 0.2) is 5.82 Å². The molecule has 2 N–H and O–H groups in total. The lowest BCUT2D eigenvalue weighted by atomic mass is 10.1. The second kappa shape index (κ2) is 8.81. The molecule has 2 amide bonds. The second-order valence-corrected chi connectivity index (χ2v) is 7.64. The number of hydrogen-bond acceptors (Lipinski definition) is 4. The number of halogens is 3. The maximum absolute atomic E-state index is 12.8. The van der Waals surface area contributed by atoms with Gasteiger partial charge in [0, 0.05) is 11.8 Å². The molecule has 1 aromatic carbocycles. The van der Waals surface area contributed by atoms with Crippen LogP contribution >= 0.6 is 0 Å². The van der Waals surface area contributed by atoms with Crippen molar-refractivity contribution in [2.24, 2.45) is 0 Å². The third-order valence-corrected chi connectivity index (χ3v) is 4.81. The Morgan fingerprint density at radius 2 is 1.62 bits per heavy atom. The van der Waals surface area contributed by atoms with Crippen molar-refractivity contribution in [3.8, 4) is 5.82 Å². The van der Waals surface area contributed by atoms with Crippen molar-refractivity contribution in [3.05, 3.63) is 76.2 Å². The number of alkyl halides is 3. The largest absolute Gasteiger partial charge is 0.417 e. The summed E-state index contributed by atoms with van der Waals surface area (Å²) in [5.41, 5.74) is 6.67.